The van der Waals surface area contributed by atoms with Gasteiger partial charge in [0.2, 0.25) is 0 Å². The van der Waals surface area contributed by atoms with Crippen LogP contribution in [-0.2, 0) is 4.74 Å². The van der Waals surface area contributed by atoms with Gasteiger partial charge in [-0.2, -0.15) is 8.78 Å². The van der Waals surface area contributed by atoms with Gasteiger partial charge in [-0.15, -0.1) is 0 Å². The minimum Gasteiger partial charge on any atom is -0.497 e. The molecule has 0 aliphatic heterocycles. The van der Waals surface area contributed by atoms with Gasteiger partial charge in [-0.3, -0.25) is 0 Å². The highest BCUT2D eigenvalue weighted by molar-refractivity contribution is 5.77. The van der Waals surface area contributed by atoms with E-state index in [1.807, 2.05) is 0 Å². The van der Waals surface area contributed by atoms with Gasteiger partial charge in [-0.1, -0.05) is 18.7 Å². The van der Waals surface area contributed by atoms with Crippen LogP contribution in [0.5, 0.6) is 11.5 Å². The zero-order valence-corrected chi connectivity index (χ0v) is 13.5. The standard InChI is InChI=1S/C19H18F2O3/c1-4-19(20,21)24-18(15-7-11-17(23-3)12-8-15)13-14-5-9-16(22-2)10-6-14/h4-13H,1H2,2-3H3/b18-13-. The Labute approximate surface area is 139 Å². The lowest BCUT2D eigenvalue weighted by atomic mass is 10.1. The molecule has 3 nitrogen and oxygen atoms in total. The molecule has 0 fully saturated rings. The van der Waals surface area contributed by atoms with Crippen LogP contribution in [0.2, 0.25) is 0 Å². The summed E-state index contributed by atoms with van der Waals surface area (Å²) in [4.78, 5) is 0. The highest BCUT2D eigenvalue weighted by Gasteiger charge is 2.28. The molecule has 0 N–H and O–H groups in total. The molecule has 0 spiro atoms. The summed E-state index contributed by atoms with van der Waals surface area (Å²) >= 11 is 0. The molecule has 0 unspecified atom stereocenters. The lowest BCUT2D eigenvalue weighted by molar-refractivity contribution is -0.150. The van der Waals surface area contributed by atoms with Crippen LogP contribution in [0.25, 0.3) is 11.8 Å². The molecule has 126 valence electrons. The Bertz CT molecular complexity index is 704. The van der Waals surface area contributed by atoms with E-state index in [1.54, 1.807) is 55.6 Å². The number of ether oxygens (including phenoxy) is 3. The highest BCUT2D eigenvalue weighted by Crippen LogP contribution is 2.30. The third kappa shape index (κ3) is 4.59. The van der Waals surface area contributed by atoms with Crippen molar-refractivity contribution >= 4 is 11.8 Å². The topological polar surface area (TPSA) is 27.7 Å². The monoisotopic (exact) mass is 332 g/mol. The van der Waals surface area contributed by atoms with Crippen LogP contribution in [0.3, 0.4) is 0 Å². The van der Waals surface area contributed by atoms with Crippen molar-refractivity contribution in [3.63, 3.8) is 0 Å². The van der Waals surface area contributed by atoms with Crippen molar-refractivity contribution < 1.29 is 23.0 Å². The van der Waals surface area contributed by atoms with Gasteiger partial charge in [-0.25, -0.2) is 0 Å². The highest BCUT2D eigenvalue weighted by atomic mass is 19.3. The Morgan fingerprint density at radius 2 is 1.42 bits per heavy atom. The molecular formula is C19H18F2O3. The maximum atomic E-state index is 13.6. The molecule has 0 radical (unpaired) electrons. The second-order valence-corrected chi connectivity index (χ2v) is 4.88. The molecule has 0 saturated heterocycles. The minimum absolute atomic E-state index is 0.0210. The number of rotatable bonds is 7. The fourth-order valence-electron chi connectivity index (χ4n) is 1.97. The van der Waals surface area contributed by atoms with Crippen molar-refractivity contribution in [2.45, 2.75) is 6.11 Å². The molecule has 24 heavy (non-hydrogen) atoms. The third-order valence-electron chi connectivity index (χ3n) is 3.27. The van der Waals surface area contributed by atoms with Gasteiger partial charge in [0, 0.05) is 11.6 Å². The van der Waals surface area contributed by atoms with Gasteiger partial charge in [0.1, 0.15) is 17.3 Å². The van der Waals surface area contributed by atoms with Crippen LogP contribution in [0.4, 0.5) is 8.78 Å². The van der Waals surface area contributed by atoms with E-state index in [0.717, 1.165) is 0 Å². The van der Waals surface area contributed by atoms with Crippen molar-refractivity contribution in [2.24, 2.45) is 0 Å². The Hall–Kier alpha value is -2.82. The maximum Gasteiger partial charge on any atom is 0.419 e. The number of benzene rings is 2. The van der Waals surface area contributed by atoms with Gasteiger partial charge >= 0.3 is 6.11 Å². The first kappa shape index (κ1) is 17.5. The largest absolute Gasteiger partial charge is 0.497 e. The molecule has 0 saturated carbocycles. The van der Waals surface area contributed by atoms with E-state index in [9.17, 15) is 8.78 Å². The van der Waals surface area contributed by atoms with E-state index in [0.29, 0.717) is 28.7 Å². The van der Waals surface area contributed by atoms with Crippen molar-refractivity contribution in [3.05, 3.63) is 72.3 Å². The molecule has 5 heteroatoms. The Balaban J connectivity index is 2.40. The second-order valence-electron chi connectivity index (χ2n) is 4.88. The first-order valence-corrected chi connectivity index (χ1v) is 7.18. The predicted octanol–water partition coefficient (Wildman–Crippen LogP) is 5.00. The Morgan fingerprint density at radius 3 is 1.88 bits per heavy atom. The lowest BCUT2D eigenvalue weighted by Gasteiger charge is -2.17. The number of halogens is 2. The van der Waals surface area contributed by atoms with E-state index < -0.39 is 6.11 Å². The molecule has 0 aliphatic carbocycles. The van der Waals surface area contributed by atoms with Crippen molar-refractivity contribution in [1.29, 1.82) is 0 Å². The smallest absolute Gasteiger partial charge is 0.419 e. The van der Waals surface area contributed by atoms with Crippen molar-refractivity contribution in [1.82, 2.24) is 0 Å². The zero-order valence-electron chi connectivity index (χ0n) is 13.5. The van der Waals surface area contributed by atoms with Crippen molar-refractivity contribution in [3.8, 4) is 11.5 Å². The molecule has 0 atom stereocenters. The van der Waals surface area contributed by atoms with E-state index in [1.165, 1.54) is 13.2 Å². The van der Waals surface area contributed by atoms with Crippen LogP contribution in [0.1, 0.15) is 11.1 Å². The molecule has 2 aromatic rings. The summed E-state index contributed by atoms with van der Waals surface area (Å²) in [6.45, 7) is 3.10. The summed E-state index contributed by atoms with van der Waals surface area (Å²) < 4.78 is 42.3. The molecule has 0 aromatic heterocycles. The number of hydrogen-bond donors (Lipinski definition) is 0. The van der Waals surface area contributed by atoms with Crippen LogP contribution in [-0.4, -0.2) is 20.3 Å². The van der Waals surface area contributed by atoms with Gasteiger partial charge in [0.25, 0.3) is 0 Å². The van der Waals surface area contributed by atoms with Gasteiger partial charge < -0.3 is 14.2 Å². The van der Waals surface area contributed by atoms with Gasteiger partial charge in [0.15, 0.2) is 0 Å². The summed E-state index contributed by atoms with van der Waals surface area (Å²) in [5.41, 5.74) is 1.19. The average Bonchev–Trinajstić information content (AvgIpc) is 2.61. The first-order chi connectivity index (χ1) is 11.5. The minimum atomic E-state index is -3.47. The van der Waals surface area contributed by atoms with E-state index >= 15 is 0 Å². The quantitative estimate of drug-likeness (QED) is 0.406. The summed E-state index contributed by atoms with van der Waals surface area (Å²) in [6.07, 6.45) is -1.49. The van der Waals surface area contributed by atoms with Crippen LogP contribution in [0.15, 0.2) is 61.2 Å². The van der Waals surface area contributed by atoms with E-state index in [2.05, 4.69) is 6.58 Å². The molecule has 0 aliphatic rings. The van der Waals surface area contributed by atoms with Crippen LogP contribution < -0.4 is 9.47 Å². The SMILES string of the molecule is C=CC(F)(F)O/C(=C\c1ccc(OC)cc1)c1ccc(OC)cc1. The fourth-order valence-corrected chi connectivity index (χ4v) is 1.97. The van der Waals surface area contributed by atoms with Crippen LogP contribution in [0, 0.1) is 0 Å². The molecule has 0 heterocycles. The predicted molar refractivity (Wildman–Crippen MR) is 90.1 cm³/mol. The van der Waals surface area contributed by atoms with E-state index in [4.69, 9.17) is 14.2 Å². The first-order valence-electron chi connectivity index (χ1n) is 7.18. The van der Waals surface area contributed by atoms with Crippen LogP contribution >= 0.6 is 0 Å². The summed E-state index contributed by atoms with van der Waals surface area (Å²) in [5.74, 6) is 1.32. The average molecular weight is 332 g/mol. The Kier molecular flexibility index (Phi) is 5.58. The van der Waals surface area contributed by atoms with Gasteiger partial charge in [-0.05, 0) is 48.0 Å². The number of hydrogen-bond acceptors (Lipinski definition) is 3. The maximum absolute atomic E-state index is 13.6. The summed E-state index contributed by atoms with van der Waals surface area (Å²) in [7, 11) is 3.09. The molecular weight excluding hydrogens is 314 g/mol. The molecule has 0 amide bonds. The van der Waals surface area contributed by atoms with Crippen molar-refractivity contribution in [2.75, 3.05) is 14.2 Å². The Morgan fingerprint density at radius 1 is 0.917 bits per heavy atom. The zero-order chi connectivity index (χ0) is 17.6. The third-order valence-corrected chi connectivity index (χ3v) is 3.27. The van der Waals surface area contributed by atoms with E-state index in [-0.39, 0.29) is 5.76 Å². The van der Waals surface area contributed by atoms with Gasteiger partial charge in [0.05, 0.1) is 14.2 Å². The number of alkyl halides is 2. The fraction of sp³-hybridized carbons (Fsp3) is 0.158. The second kappa shape index (κ2) is 7.64. The lowest BCUT2D eigenvalue weighted by Crippen LogP contribution is -2.16. The summed E-state index contributed by atoms with van der Waals surface area (Å²) in [5, 5.41) is 0. The molecule has 2 aromatic carbocycles. The number of methoxy groups -OCH3 is 2. The summed E-state index contributed by atoms with van der Waals surface area (Å²) in [6, 6.07) is 13.6. The molecule has 2 rings (SSSR count). The molecule has 0 bridgehead atoms. The normalized spacial score (nSPS) is 11.8.